The van der Waals surface area contributed by atoms with Crippen molar-refractivity contribution in [2.24, 2.45) is 5.73 Å². The highest BCUT2D eigenvalue weighted by Crippen LogP contribution is 2.25. The summed E-state index contributed by atoms with van der Waals surface area (Å²) in [7, 11) is 0. The lowest BCUT2D eigenvalue weighted by atomic mass is 10.3. The quantitative estimate of drug-likeness (QED) is 0.900. The maximum absolute atomic E-state index is 12.2. The molecule has 1 unspecified atom stereocenters. The van der Waals surface area contributed by atoms with E-state index in [2.05, 4.69) is 5.32 Å². The third-order valence-corrected chi connectivity index (χ3v) is 4.04. The molecular formula is C14H17N3O2S. The van der Waals surface area contributed by atoms with Crippen LogP contribution in [0.25, 0.3) is 5.69 Å². The number of aromatic nitrogens is 1. The number of carbonyl (C=O) groups is 2. The van der Waals surface area contributed by atoms with Crippen LogP contribution in [0.3, 0.4) is 0 Å². The smallest absolute Gasteiger partial charge is 0.264 e. The Balaban J connectivity index is 2.34. The SMILES string of the molecule is Cc1ccc(C)n1-c1ccsc1C(=O)NC(C)C(N)=O. The van der Waals surface area contributed by atoms with E-state index in [0.29, 0.717) is 4.88 Å². The van der Waals surface area contributed by atoms with E-state index < -0.39 is 11.9 Å². The summed E-state index contributed by atoms with van der Waals surface area (Å²) in [5, 5.41) is 4.47. The molecule has 0 aromatic carbocycles. The topological polar surface area (TPSA) is 77.1 Å². The molecule has 0 aliphatic carbocycles. The molecule has 0 saturated carbocycles. The predicted molar refractivity (Wildman–Crippen MR) is 79.2 cm³/mol. The molecule has 0 aliphatic heterocycles. The van der Waals surface area contributed by atoms with Crippen molar-refractivity contribution in [3.8, 4) is 5.69 Å². The molecular weight excluding hydrogens is 274 g/mol. The first-order chi connectivity index (χ1) is 9.41. The van der Waals surface area contributed by atoms with Crippen molar-refractivity contribution in [2.45, 2.75) is 26.8 Å². The number of aryl methyl sites for hydroxylation is 2. The van der Waals surface area contributed by atoms with Crippen molar-refractivity contribution >= 4 is 23.2 Å². The zero-order valence-electron chi connectivity index (χ0n) is 11.6. The zero-order chi connectivity index (χ0) is 14.9. The lowest BCUT2D eigenvalue weighted by Crippen LogP contribution is -2.42. The van der Waals surface area contributed by atoms with Crippen LogP contribution >= 0.6 is 11.3 Å². The van der Waals surface area contributed by atoms with E-state index >= 15 is 0 Å². The zero-order valence-corrected chi connectivity index (χ0v) is 12.5. The summed E-state index contributed by atoms with van der Waals surface area (Å²) in [5.41, 5.74) is 8.09. The minimum absolute atomic E-state index is 0.284. The summed E-state index contributed by atoms with van der Waals surface area (Å²) in [6.45, 7) is 5.54. The van der Waals surface area contributed by atoms with Crippen LogP contribution in [0.15, 0.2) is 23.6 Å². The average molecular weight is 291 g/mol. The van der Waals surface area contributed by atoms with Gasteiger partial charge < -0.3 is 15.6 Å². The van der Waals surface area contributed by atoms with E-state index in [1.807, 2.05) is 42.0 Å². The largest absolute Gasteiger partial charge is 0.368 e. The lowest BCUT2D eigenvalue weighted by Gasteiger charge is -2.13. The molecule has 0 spiro atoms. The summed E-state index contributed by atoms with van der Waals surface area (Å²) in [6.07, 6.45) is 0. The molecule has 106 valence electrons. The molecule has 3 N–H and O–H groups in total. The maximum atomic E-state index is 12.2. The summed E-state index contributed by atoms with van der Waals surface area (Å²) < 4.78 is 2.01. The Bertz CT molecular complexity index is 638. The number of nitrogens with zero attached hydrogens (tertiary/aromatic N) is 1. The lowest BCUT2D eigenvalue weighted by molar-refractivity contribution is -0.119. The van der Waals surface area contributed by atoms with Crippen molar-refractivity contribution < 1.29 is 9.59 Å². The van der Waals surface area contributed by atoms with Gasteiger partial charge in [-0.1, -0.05) is 0 Å². The standard InChI is InChI=1S/C14H17N3O2S/c1-8-4-5-9(2)17(8)11-6-7-20-12(11)14(19)16-10(3)13(15)18/h4-7,10H,1-3H3,(H2,15,18)(H,16,19). The van der Waals surface area contributed by atoms with Gasteiger partial charge in [-0.05, 0) is 44.4 Å². The molecule has 0 fully saturated rings. The molecule has 2 amide bonds. The van der Waals surface area contributed by atoms with Crippen LogP contribution < -0.4 is 11.1 Å². The number of nitrogens with two attached hydrogens (primary N) is 1. The minimum atomic E-state index is -0.690. The highest BCUT2D eigenvalue weighted by Gasteiger charge is 2.19. The Hall–Kier alpha value is -2.08. The van der Waals surface area contributed by atoms with Crippen molar-refractivity contribution in [3.63, 3.8) is 0 Å². The summed E-state index contributed by atoms with van der Waals surface area (Å²) in [6, 6.07) is 5.21. The number of primary amides is 1. The second kappa shape index (κ2) is 5.50. The van der Waals surface area contributed by atoms with Crippen LogP contribution in [0, 0.1) is 13.8 Å². The monoisotopic (exact) mass is 291 g/mol. The fraction of sp³-hybridized carbons (Fsp3) is 0.286. The molecule has 2 rings (SSSR count). The number of thiophene rings is 1. The molecule has 5 nitrogen and oxygen atoms in total. The van der Waals surface area contributed by atoms with Gasteiger partial charge in [0.05, 0.1) is 5.69 Å². The molecule has 20 heavy (non-hydrogen) atoms. The van der Waals surface area contributed by atoms with Crippen molar-refractivity contribution in [3.05, 3.63) is 39.8 Å². The van der Waals surface area contributed by atoms with Gasteiger partial charge in [-0.2, -0.15) is 0 Å². The summed E-state index contributed by atoms with van der Waals surface area (Å²) in [4.78, 5) is 23.8. The van der Waals surface area contributed by atoms with Crippen LogP contribution in [0.5, 0.6) is 0 Å². The molecule has 0 saturated heterocycles. The van der Waals surface area contributed by atoms with Crippen LogP contribution in [0.4, 0.5) is 0 Å². The van der Waals surface area contributed by atoms with E-state index in [1.54, 1.807) is 6.92 Å². The van der Waals surface area contributed by atoms with E-state index in [0.717, 1.165) is 17.1 Å². The Morgan fingerprint density at radius 3 is 2.40 bits per heavy atom. The number of hydrogen-bond acceptors (Lipinski definition) is 3. The Kier molecular flexibility index (Phi) is 3.94. The second-order valence-corrected chi connectivity index (χ2v) is 5.60. The van der Waals surface area contributed by atoms with Gasteiger partial charge in [0.1, 0.15) is 10.9 Å². The first-order valence-electron chi connectivity index (χ1n) is 6.24. The molecule has 2 aromatic rings. The normalized spacial score (nSPS) is 12.2. The number of amides is 2. The fourth-order valence-electron chi connectivity index (χ4n) is 2.03. The van der Waals surface area contributed by atoms with Gasteiger partial charge in [0, 0.05) is 11.4 Å². The minimum Gasteiger partial charge on any atom is -0.368 e. The summed E-state index contributed by atoms with van der Waals surface area (Å²) in [5.74, 6) is -0.835. The van der Waals surface area contributed by atoms with Crippen LogP contribution in [-0.4, -0.2) is 22.4 Å². The fourth-order valence-corrected chi connectivity index (χ4v) is 2.81. The van der Waals surface area contributed by atoms with Gasteiger partial charge in [0.2, 0.25) is 5.91 Å². The van der Waals surface area contributed by atoms with E-state index in [1.165, 1.54) is 11.3 Å². The van der Waals surface area contributed by atoms with Gasteiger partial charge in [-0.25, -0.2) is 0 Å². The maximum Gasteiger partial charge on any atom is 0.264 e. The van der Waals surface area contributed by atoms with Gasteiger partial charge in [-0.3, -0.25) is 9.59 Å². The highest BCUT2D eigenvalue weighted by atomic mass is 32.1. The third kappa shape index (κ3) is 2.60. The van der Waals surface area contributed by atoms with Gasteiger partial charge in [0.15, 0.2) is 0 Å². The van der Waals surface area contributed by atoms with Crippen molar-refractivity contribution in [2.75, 3.05) is 0 Å². The Morgan fingerprint density at radius 1 is 1.25 bits per heavy atom. The molecule has 0 aliphatic rings. The van der Waals surface area contributed by atoms with Gasteiger partial charge in [0.25, 0.3) is 5.91 Å². The molecule has 0 radical (unpaired) electrons. The second-order valence-electron chi connectivity index (χ2n) is 4.68. The Labute approximate surface area is 121 Å². The van der Waals surface area contributed by atoms with E-state index in [-0.39, 0.29) is 5.91 Å². The number of carbonyl (C=O) groups excluding carboxylic acids is 2. The van der Waals surface area contributed by atoms with Gasteiger partial charge in [-0.15, -0.1) is 11.3 Å². The third-order valence-electron chi connectivity index (χ3n) is 3.14. The first kappa shape index (κ1) is 14.3. The number of rotatable bonds is 4. The number of hydrogen-bond donors (Lipinski definition) is 2. The molecule has 6 heteroatoms. The van der Waals surface area contributed by atoms with Crippen LogP contribution in [0.2, 0.25) is 0 Å². The molecule has 0 bridgehead atoms. The summed E-state index contributed by atoms with van der Waals surface area (Å²) >= 11 is 1.34. The highest BCUT2D eigenvalue weighted by molar-refractivity contribution is 7.12. The first-order valence-corrected chi connectivity index (χ1v) is 7.12. The van der Waals surface area contributed by atoms with Crippen molar-refractivity contribution in [1.29, 1.82) is 0 Å². The average Bonchev–Trinajstić information content (AvgIpc) is 2.96. The molecule has 1 atom stereocenters. The van der Waals surface area contributed by atoms with Gasteiger partial charge >= 0.3 is 0 Å². The van der Waals surface area contributed by atoms with E-state index in [9.17, 15) is 9.59 Å². The Morgan fingerprint density at radius 2 is 1.85 bits per heavy atom. The molecule has 2 heterocycles. The van der Waals surface area contributed by atoms with Crippen LogP contribution in [0.1, 0.15) is 28.0 Å². The molecule has 2 aromatic heterocycles. The van der Waals surface area contributed by atoms with Crippen molar-refractivity contribution in [1.82, 2.24) is 9.88 Å². The van der Waals surface area contributed by atoms with Crippen LogP contribution in [-0.2, 0) is 4.79 Å². The van der Waals surface area contributed by atoms with E-state index in [4.69, 9.17) is 5.73 Å². The number of nitrogens with one attached hydrogen (secondary N) is 1. The predicted octanol–water partition coefficient (Wildman–Crippen LogP) is 1.76.